The zero-order valence-electron chi connectivity index (χ0n) is 21.0. The van der Waals surface area contributed by atoms with Crippen molar-refractivity contribution in [3.05, 3.63) is 71.1 Å². The molecule has 2 aromatic carbocycles. The minimum absolute atomic E-state index is 0.00874. The van der Waals surface area contributed by atoms with Gasteiger partial charge in [0.15, 0.2) is 0 Å². The fourth-order valence-corrected chi connectivity index (χ4v) is 4.79. The highest BCUT2D eigenvalue weighted by atomic mass is 16.4. The second kappa shape index (κ2) is 10.2. The number of hydrogen-bond donors (Lipinski definition) is 1. The molecule has 0 radical (unpaired) electrons. The van der Waals surface area contributed by atoms with Crippen LogP contribution >= 0.6 is 0 Å². The second-order valence-electron chi connectivity index (χ2n) is 8.54. The molecule has 1 N–H and O–H groups in total. The lowest BCUT2D eigenvalue weighted by molar-refractivity contribution is -0.255. The lowest BCUT2D eigenvalue weighted by atomic mass is 9.89. The molecule has 0 amide bonds. The van der Waals surface area contributed by atoms with Crippen molar-refractivity contribution in [3.63, 3.8) is 0 Å². The van der Waals surface area contributed by atoms with E-state index in [4.69, 9.17) is 4.42 Å². The Hall–Kier alpha value is -4.13. The van der Waals surface area contributed by atoms with E-state index in [1.165, 1.54) is 18.2 Å². The summed E-state index contributed by atoms with van der Waals surface area (Å²) in [5.74, 6) is -1.92. The maximum absolute atomic E-state index is 12.2. The number of hydrogen-bond acceptors (Lipinski definition) is 5. The minimum Gasteiger partial charge on any atom is -0.545 e. The van der Waals surface area contributed by atoms with Crippen LogP contribution in [0.2, 0.25) is 0 Å². The predicted octanol–water partition coefficient (Wildman–Crippen LogP) is 3.92. The molecule has 2 aliphatic rings. The first-order chi connectivity index (χ1) is 17.3. The molecule has 0 atom stereocenters. The molecule has 186 valence electrons. The van der Waals surface area contributed by atoms with E-state index in [9.17, 15) is 19.8 Å². The molecule has 0 saturated heterocycles. The molecule has 1 aliphatic carbocycles. The standard InChI is InChI=1S/C29H30N2O5/c1-5-30(6-2)19-10-13-22-25(16-19)36-26-17-20(31(7-3)8-4)11-14-23(26)27(22)24-15-18(28(32)33)9-12-21(24)29(34)35/h9-17H,5-8H2,1-4H3,(H-,32,33,34,35). The SMILES string of the molecule is CCN(CC)c1ccc2c(-c3cc(C(=O)[O-])ccc3C(=O)O)c3ccc(=[N+](CC)CC)cc-3oc2c1. The second-order valence-corrected chi connectivity index (χ2v) is 8.54. The van der Waals surface area contributed by atoms with E-state index in [-0.39, 0.29) is 11.1 Å². The van der Waals surface area contributed by atoms with E-state index >= 15 is 0 Å². The van der Waals surface area contributed by atoms with Crippen LogP contribution in [0.1, 0.15) is 48.4 Å². The normalized spacial score (nSPS) is 11.1. The lowest BCUT2D eigenvalue weighted by Gasteiger charge is -2.22. The van der Waals surface area contributed by atoms with Gasteiger partial charge in [-0.15, -0.1) is 0 Å². The number of anilines is 1. The van der Waals surface area contributed by atoms with Gasteiger partial charge in [-0.1, -0.05) is 6.07 Å². The van der Waals surface area contributed by atoms with Crippen molar-refractivity contribution in [3.8, 4) is 22.5 Å². The Morgan fingerprint density at radius 2 is 1.64 bits per heavy atom. The van der Waals surface area contributed by atoms with Crippen molar-refractivity contribution in [2.24, 2.45) is 0 Å². The Morgan fingerprint density at radius 3 is 2.25 bits per heavy atom. The molecule has 7 heteroatoms. The molecular formula is C29H30N2O5. The third-order valence-corrected chi connectivity index (χ3v) is 6.70. The zero-order chi connectivity index (χ0) is 26.0. The number of carboxylic acid groups (broad SMARTS) is 2. The number of carbonyl (C=O) groups is 2. The van der Waals surface area contributed by atoms with Gasteiger partial charge in [0, 0.05) is 47.4 Å². The summed E-state index contributed by atoms with van der Waals surface area (Å²) < 4.78 is 8.62. The van der Waals surface area contributed by atoms with E-state index in [2.05, 4.69) is 37.2 Å². The van der Waals surface area contributed by atoms with Crippen LogP contribution in [0, 0.1) is 0 Å². The van der Waals surface area contributed by atoms with Crippen LogP contribution in [-0.2, 0) is 0 Å². The number of benzene rings is 3. The first-order valence-corrected chi connectivity index (χ1v) is 12.2. The lowest BCUT2D eigenvalue weighted by Crippen LogP contribution is -2.29. The van der Waals surface area contributed by atoms with E-state index in [1.54, 1.807) is 0 Å². The fourth-order valence-electron chi connectivity index (χ4n) is 4.79. The average molecular weight is 487 g/mol. The summed E-state index contributed by atoms with van der Waals surface area (Å²) in [6, 6.07) is 15.7. The van der Waals surface area contributed by atoms with Gasteiger partial charge in [0.05, 0.1) is 17.6 Å². The third-order valence-electron chi connectivity index (χ3n) is 6.70. The van der Waals surface area contributed by atoms with E-state index in [0.717, 1.165) is 37.2 Å². The largest absolute Gasteiger partial charge is 0.545 e. The number of fused-ring (bicyclic) bond motifs is 2. The molecule has 0 bridgehead atoms. The van der Waals surface area contributed by atoms with Gasteiger partial charge in [-0.25, -0.2) is 9.37 Å². The van der Waals surface area contributed by atoms with Gasteiger partial charge in [-0.3, -0.25) is 0 Å². The van der Waals surface area contributed by atoms with Crippen LogP contribution in [0.4, 0.5) is 5.69 Å². The molecule has 7 nitrogen and oxygen atoms in total. The maximum atomic E-state index is 12.2. The summed E-state index contributed by atoms with van der Waals surface area (Å²) in [7, 11) is 0. The molecule has 1 heterocycles. The van der Waals surface area contributed by atoms with Gasteiger partial charge in [-0.2, -0.15) is 0 Å². The van der Waals surface area contributed by atoms with E-state index in [1.807, 2.05) is 36.4 Å². The van der Waals surface area contributed by atoms with E-state index < -0.39 is 11.9 Å². The third kappa shape index (κ3) is 4.44. The van der Waals surface area contributed by atoms with Gasteiger partial charge >= 0.3 is 5.97 Å². The quantitative estimate of drug-likeness (QED) is 0.300. The summed E-state index contributed by atoms with van der Waals surface area (Å²) in [5.41, 5.74) is 3.13. The van der Waals surface area contributed by atoms with Gasteiger partial charge in [0.1, 0.15) is 24.4 Å². The Labute approximate surface area is 209 Å². The van der Waals surface area contributed by atoms with Crippen LogP contribution in [-0.4, -0.2) is 43.2 Å². The summed E-state index contributed by atoms with van der Waals surface area (Å²) in [5, 5.41) is 23.3. The highest BCUT2D eigenvalue weighted by molar-refractivity contribution is 6.08. The topological polar surface area (TPSA) is 96.8 Å². The Balaban J connectivity index is 2.17. The van der Waals surface area contributed by atoms with Crippen LogP contribution in [0.3, 0.4) is 0 Å². The average Bonchev–Trinajstić information content (AvgIpc) is 2.88. The first-order valence-electron chi connectivity index (χ1n) is 12.2. The molecule has 2 aromatic rings. The molecule has 1 aliphatic heterocycles. The van der Waals surface area contributed by atoms with E-state index in [0.29, 0.717) is 33.4 Å². The number of nitrogens with zero attached hydrogens (tertiary/aromatic N) is 2. The predicted molar refractivity (Wildman–Crippen MR) is 139 cm³/mol. The molecule has 36 heavy (non-hydrogen) atoms. The summed E-state index contributed by atoms with van der Waals surface area (Å²) in [6.45, 7) is 11.6. The van der Waals surface area contributed by atoms with Crippen molar-refractivity contribution in [2.45, 2.75) is 27.7 Å². The van der Waals surface area contributed by atoms with Gasteiger partial charge < -0.3 is 24.3 Å². The van der Waals surface area contributed by atoms with Crippen molar-refractivity contribution >= 4 is 28.6 Å². The Morgan fingerprint density at radius 1 is 0.917 bits per heavy atom. The molecule has 4 rings (SSSR count). The number of carboxylic acids is 2. The summed E-state index contributed by atoms with van der Waals surface area (Å²) >= 11 is 0. The van der Waals surface area contributed by atoms with Crippen molar-refractivity contribution in [1.82, 2.24) is 4.58 Å². The van der Waals surface area contributed by atoms with Crippen LogP contribution in [0.15, 0.2) is 59.0 Å². The van der Waals surface area contributed by atoms with Crippen molar-refractivity contribution in [2.75, 3.05) is 31.1 Å². The van der Waals surface area contributed by atoms with Crippen LogP contribution < -0.4 is 19.9 Å². The number of aromatic carboxylic acids is 2. The molecule has 0 aromatic heterocycles. The van der Waals surface area contributed by atoms with Crippen molar-refractivity contribution < 1.29 is 24.2 Å². The molecule has 0 spiro atoms. The molecule has 0 unspecified atom stereocenters. The van der Waals surface area contributed by atoms with Gasteiger partial charge in [0.25, 0.3) is 0 Å². The first kappa shape index (κ1) is 25.0. The van der Waals surface area contributed by atoms with Crippen LogP contribution in [0.25, 0.3) is 33.4 Å². The summed E-state index contributed by atoms with van der Waals surface area (Å²) in [4.78, 5) is 26.1. The highest BCUT2D eigenvalue weighted by Gasteiger charge is 2.23. The Kier molecular flexibility index (Phi) is 7.10. The van der Waals surface area contributed by atoms with Crippen molar-refractivity contribution in [1.29, 1.82) is 0 Å². The fraction of sp³-hybridized carbons (Fsp3) is 0.276. The Bertz CT molecular complexity index is 1490. The van der Waals surface area contributed by atoms with Gasteiger partial charge in [-0.05, 0) is 69.2 Å². The molecular weight excluding hydrogens is 456 g/mol. The molecule has 0 saturated carbocycles. The number of carbonyl (C=O) groups excluding carboxylic acids is 1. The molecule has 0 fully saturated rings. The van der Waals surface area contributed by atoms with Crippen LogP contribution in [0.5, 0.6) is 0 Å². The minimum atomic E-state index is -1.37. The summed E-state index contributed by atoms with van der Waals surface area (Å²) in [6.07, 6.45) is 0. The van der Waals surface area contributed by atoms with Gasteiger partial charge in [0.2, 0.25) is 5.36 Å². The smallest absolute Gasteiger partial charge is 0.336 e. The number of rotatable bonds is 8. The highest BCUT2D eigenvalue weighted by Crippen LogP contribution is 2.42. The monoisotopic (exact) mass is 486 g/mol. The maximum Gasteiger partial charge on any atom is 0.336 e. The zero-order valence-corrected chi connectivity index (χ0v) is 21.0.